The lowest BCUT2D eigenvalue weighted by Gasteiger charge is -2.27. The minimum atomic E-state index is -0.223. The van der Waals surface area contributed by atoms with Crippen LogP contribution in [0.25, 0.3) is 0 Å². The first-order chi connectivity index (χ1) is 5.24. The Kier molecular flexibility index (Phi) is 1.42. The highest BCUT2D eigenvalue weighted by atomic mass is 16.6. The maximum Gasteiger partial charge on any atom is 0.306 e. The fourth-order valence-corrected chi connectivity index (χ4v) is 1.79. The molecule has 62 valence electrons. The van der Waals surface area contributed by atoms with Crippen LogP contribution in [0.3, 0.4) is 0 Å². The zero-order chi connectivity index (χ0) is 7.90. The predicted molar refractivity (Wildman–Crippen MR) is 37.9 cm³/mol. The molecule has 1 N–H and O–H groups in total. The smallest absolute Gasteiger partial charge is 0.306 e. The van der Waals surface area contributed by atoms with Gasteiger partial charge in [-0.25, -0.2) is 0 Å². The van der Waals surface area contributed by atoms with Crippen LogP contribution in [0, 0.1) is 5.41 Å². The van der Waals surface area contributed by atoms with Gasteiger partial charge in [0.25, 0.3) is 0 Å². The number of hydrogen-bond acceptors (Lipinski definition) is 3. The minimum absolute atomic E-state index is 0.0203. The number of aliphatic hydroxyl groups is 1. The standard InChI is InChI=1S/C8H12O3/c9-5-6-3-8(1-2-8)4-7(10)11-6/h6,9H,1-5H2/t6-/m0/s1. The van der Waals surface area contributed by atoms with Crippen LogP contribution < -0.4 is 0 Å². The van der Waals surface area contributed by atoms with Crippen molar-refractivity contribution in [2.24, 2.45) is 5.41 Å². The van der Waals surface area contributed by atoms with Crippen molar-refractivity contribution in [3.05, 3.63) is 0 Å². The molecule has 3 heteroatoms. The van der Waals surface area contributed by atoms with Crippen molar-refractivity contribution >= 4 is 5.97 Å². The highest BCUT2D eigenvalue weighted by molar-refractivity contribution is 5.72. The van der Waals surface area contributed by atoms with E-state index in [0.717, 1.165) is 19.3 Å². The van der Waals surface area contributed by atoms with E-state index >= 15 is 0 Å². The van der Waals surface area contributed by atoms with Gasteiger partial charge in [0, 0.05) is 0 Å². The summed E-state index contributed by atoms with van der Waals surface area (Å²) < 4.78 is 4.92. The van der Waals surface area contributed by atoms with Crippen LogP contribution in [0.15, 0.2) is 0 Å². The Bertz CT molecular complexity index is 184. The van der Waals surface area contributed by atoms with Gasteiger partial charge in [-0.15, -0.1) is 0 Å². The Balaban J connectivity index is 2.02. The number of aliphatic hydroxyl groups excluding tert-OH is 1. The number of carbonyl (C=O) groups excluding carboxylic acids is 1. The van der Waals surface area contributed by atoms with Gasteiger partial charge in [-0.05, 0) is 24.7 Å². The molecule has 1 heterocycles. The summed E-state index contributed by atoms with van der Waals surface area (Å²) in [5.41, 5.74) is 0.239. The molecule has 1 saturated heterocycles. The van der Waals surface area contributed by atoms with Crippen molar-refractivity contribution in [1.82, 2.24) is 0 Å². The summed E-state index contributed by atoms with van der Waals surface area (Å²) >= 11 is 0. The maximum absolute atomic E-state index is 11.0. The molecule has 3 nitrogen and oxygen atoms in total. The topological polar surface area (TPSA) is 46.5 Å². The van der Waals surface area contributed by atoms with Gasteiger partial charge in [-0.2, -0.15) is 0 Å². The third kappa shape index (κ3) is 1.25. The fourth-order valence-electron chi connectivity index (χ4n) is 1.79. The number of hydrogen-bond donors (Lipinski definition) is 1. The second kappa shape index (κ2) is 2.21. The van der Waals surface area contributed by atoms with Crippen LogP contribution in [0.4, 0.5) is 0 Å². The van der Waals surface area contributed by atoms with E-state index in [-0.39, 0.29) is 24.1 Å². The number of esters is 1. The summed E-state index contributed by atoms with van der Waals surface area (Å²) in [7, 11) is 0. The zero-order valence-corrected chi connectivity index (χ0v) is 6.38. The van der Waals surface area contributed by atoms with E-state index in [4.69, 9.17) is 9.84 Å². The van der Waals surface area contributed by atoms with Crippen LogP contribution in [0.2, 0.25) is 0 Å². The van der Waals surface area contributed by atoms with E-state index < -0.39 is 0 Å². The molecule has 11 heavy (non-hydrogen) atoms. The van der Waals surface area contributed by atoms with Crippen molar-refractivity contribution in [3.8, 4) is 0 Å². The molecule has 2 rings (SSSR count). The molecule has 1 aliphatic heterocycles. The lowest BCUT2D eigenvalue weighted by atomic mass is 9.92. The van der Waals surface area contributed by atoms with Gasteiger partial charge < -0.3 is 9.84 Å². The number of carbonyl (C=O) groups is 1. The molecule has 2 fully saturated rings. The van der Waals surface area contributed by atoms with Gasteiger partial charge in [-0.3, -0.25) is 4.79 Å². The molecular weight excluding hydrogens is 144 g/mol. The molecule has 0 amide bonds. The molecule has 1 saturated carbocycles. The summed E-state index contributed by atoms with van der Waals surface area (Å²) in [6.45, 7) is -0.0203. The summed E-state index contributed by atoms with van der Waals surface area (Å²) in [5, 5.41) is 8.79. The Morgan fingerprint density at radius 1 is 1.64 bits per heavy atom. The summed E-state index contributed by atoms with van der Waals surface area (Å²) in [6.07, 6.45) is 3.49. The summed E-state index contributed by atoms with van der Waals surface area (Å²) in [5.74, 6) is -0.132. The van der Waals surface area contributed by atoms with E-state index in [2.05, 4.69) is 0 Å². The molecule has 0 unspecified atom stereocenters. The first-order valence-corrected chi connectivity index (χ1v) is 4.04. The third-order valence-electron chi connectivity index (χ3n) is 2.64. The van der Waals surface area contributed by atoms with Crippen LogP contribution in [-0.2, 0) is 9.53 Å². The van der Waals surface area contributed by atoms with Gasteiger partial charge >= 0.3 is 5.97 Å². The molecule has 0 aromatic rings. The molecular formula is C8H12O3. The van der Waals surface area contributed by atoms with E-state index in [1.165, 1.54) is 0 Å². The Labute approximate surface area is 65.4 Å². The van der Waals surface area contributed by atoms with Gasteiger partial charge in [0.2, 0.25) is 0 Å². The molecule has 0 bridgehead atoms. The normalized spacial score (nSPS) is 33.5. The minimum Gasteiger partial charge on any atom is -0.460 e. The molecule has 1 aliphatic carbocycles. The van der Waals surface area contributed by atoms with Crippen LogP contribution in [0.5, 0.6) is 0 Å². The fraction of sp³-hybridized carbons (Fsp3) is 0.875. The first-order valence-electron chi connectivity index (χ1n) is 4.04. The molecule has 0 aromatic heterocycles. The van der Waals surface area contributed by atoms with Crippen LogP contribution in [-0.4, -0.2) is 23.8 Å². The monoisotopic (exact) mass is 156 g/mol. The molecule has 0 radical (unpaired) electrons. The highest BCUT2D eigenvalue weighted by Crippen LogP contribution is 2.54. The summed E-state index contributed by atoms with van der Waals surface area (Å²) in [4.78, 5) is 11.0. The third-order valence-corrected chi connectivity index (χ3v) is 2.64. The molecule has 1 spiro atoms. The van der Waals surface area contributed by atoms with Crippen molar-refractivity contribution in [1.29, 1.82) is 0 Å². The Morgan fingerprint density at radius 2 is 2.36 bits per heavy atom. The van der Waals surface area contributed by atoms with Gasteiger partial charge in [0.15, 0.2) is 0 Å². The first kappa shape index (κ1) is 7.10. The highest BCUT2D eigenvalue weighted by Gasteiger charge is 2.49. The summed E-state index contributed by atoms with van der Waals surface area (Å²) in [6, 6.07) is 0. The van der Waals surface area contributed by atoms with Gasteiger partial charge in [0.05, 0.1) is 13.0 Å². The molecule has 1 atom stereocenters. The van der Waals surface area contributed by atoms with E-state index in [1.54, 1.807) is 0 Å². The Hall–Kier alpha value is -0.570. The second-order valence-electron chi connectivity index (χ2n) is 3.68. The predicted octanol–water partition coefficient (Wildman–Crippen LogP) is 0.464. The number of rotatable bonds is 1. The zero-order valence-electron chi connectivity index (χ0n) is 6.38. The largest absolute Gasteiger partial charge is 0.460 e. The number of ether oxygens (including phenoxy) is 1. The second-order valence-corrected chi connectivity index (χ2v) is 3.68. The van der Waals surface area contributed by atoms with Crippen molar-refractivity contribution < 1.29 is 14.6 Å². The molecule has 0 aromatic carbocycles. The Morgan fingerprint density at radius 3 is 2.91 bits per heavy atom. The van der Waals surface area contributed by atoms with Gasteiger partial charge in [0.1, 0.15) is 6.10 Å². The lowest BCUT2D eigenvalue weighted by molar-refractivity contribution is -0.160. The van der Waals surface area contributed by atoms with E-state index in [0.29, 0.717) is 6.42 Å². The molecule has 2 aliphatic rings. The van der Waals surface area contributed by atoms with Gasteiger partial charge in [-0.1, -0.05) is 0 Å². The van der Waals surface area contributed by atoms with Crippen molar-refractivity contribution in [2.45, 2.75) is 31.8 Å². The maximum atomic E-state index is 11.0. The average Bonchev–Trinajstić information content (AvgIpc) is 2.67. The quantitative estimate of drug-likeness (QED) is 0.561. The SMILES string of the molecule is O=C1CC2(CC2)C[C@@H](CO)O1. The number of cyclic esters (lactones) is 1. The average molecular weight is 156 g/mol. The van der Waals surface area contributed by atoms with E-state index in [9.17, 15) is 4.79 Å². The van der Waals surface area contributed by atoms with Crippen LogP contribution >= 0.6 is 0 Å². The van der Waals surface area contributed by atoms with Crippen molar-refractivity contribution in [2.75, 3.05) is 6.61 Å². The lowest BCUT2D eigenvalue weighted by Crippen LogP contribution is -2.32. The van der Waals surface area contributed by atoms with Crippen LogP contribution in [0.1, 0.15) is 25.7 Å². The van der Waals surface area contributed by atoms with Crippen molar-refractivity contribution in [3.63, 3.8) is 0 Å². The van der Waals surface area contributed by atoms with E-state index in [1.807, 2.05) is 0 Å².